The zero-order chi connectivity index (χ0) is 16.9. The van der Waals surface area contributed by atoms with Crippen LogP contribution in [0, 0.1) is 5.92 Å². The Balaban J connectivity index is 1.74. The highest BCUT2D eigenvalue weighted by Gasteiger charge is 2.25. The molecule has 0 saturated heterocycles. The number of hydrogen-bond donors (Lipinski definition) is 4. The molecule has 0 amide bonds. The molecule has 0 unspecified atom stereocenters. The maximum Gasteiger partial charge on any atom is 0.228 e. The lowest BCUT2D eigenvalue weighted by Crippen LogP contribution is -2.31. The molecule has 0 spiro atoms. The first kappa shape index (κ1) is 16.6. The lowest BCUT2D eigenvalue weighted by molar-refractivity contribution is -0.0931. The molecule has 1 aromatic carbocycles. The Morgan fingerprint density at radius 1 is 0.958 bits per heavy atom. The second kappa shape index (κ2) is 7.55. The zero-order valence-electron chi connectivity index (χ0n) is 13.7. The number of anilines is 2. The van der Waals surface area contributed by atoms with Gasteiger partial charge in [0, 0.05) is 24.6 Å². The molecule has 1 saturated carbocycles. The van der Waals surface area contributed by atoms with E-state index in [1.807, 2.05) is 30.3 Å². The summed E-state index contributed by atoms with van der Waals surface area (Å²) >= 11 is 0. The molecule has 1 fully saturated rings. The van der Waals surface area contributed by atoms with Crippen LogP contribution in [-0.4, -0.2) is 44.5 Å². The summed E-state index contributed by atoms with van der Waals surface area (Å²) in [6.45, 7) is 0. The molecule has 0 bridgehead atoms. The van der Waals surface area contributed by atoms with E-state index in [0.29, 0.717) is 17.7 Å². The Morgan fingerprint density at radius 2 is 1.62 bits per heavy atom. The van der Waals surface area contributed by atoms with Crippen molar-refractivity contribution in [2.24, 2.45) is 5.92 Å². The zero-order valence-corrected chi connectivity index (χ0v) is 13.7. The molecule has 24 heavy (non-hydrogen) atoms. The van der Waals surface area contributed by atoms with Crippen LogP contribution in [0.1, 0.15) is 25.7 Å². The molecule has 1 aliphatic rings. The highest BCUT2D eigenvalue weighted by Crippen LogP contribution is 2.28. The van der Waals surface area contributed by atoms with Gasteiger partial charge in [0.2, 0.25) is 11.9 Å². The summed E-state index contributed by atoms with van der Waals surface area (Å²) in [5, 5.41) is 24.9. The first-order valence-electron chi connectivity index (χ1n) is 8.27. The topological polar surface area (TPSA) is 103 Å². The van der Waals surface area contributed by atoms with E-state index in [4.69, 9.17) is 0 Å². The van der Waals surface area contributed by atoms with Crippen molar-refractivity contribution in [3.8, 4) is 11.4 Å². The van der Waals surface area contributed by atoms with Crippen LogP contribution in [0.4, 0.5) is 11.9 Å². The molecule has 0 radical (unpaired) electrons. The predicted octanol–water partition coefficient (Wildman–Crippen LogP) is 1.86. The van der Waals surface area contributed by atoms with Crippen LogP contribution in [0.5, 0.6) is 0 Å². The Labute approximate surface area is 141 Å². The lowest BCUT2D eigenvalue weighted by atomic mass is 9.86. The summed E-state index contributed by atoms with van der Waals surface area (Å²) in [6.07, 6.45) is 2.08. The first-order chi connectivity index (χ1) is 11.7. The largest absolute Gasteiger partial charge is 0.368 e. The molecule has 7 nitrogen and oxygen atoms in total. The van der Waals surface area contributed by atoms with Crippen LogP contribution in [0.15, 0.2) is 30.3 Å². The van der Waals surface area contributed by atoms with Crippen LogP contribution in [0.2, 0.25) is 0 Å². The Kier molecular flexibility index (Phi) is 5.22. The molecule has 2 aromatic rings. The molecule has 128 valence electrons. The Morgan fingerprint density at radius 3 is 2.25 bits per heavy atom. The molecule has 0 aliphatic heterocycles. The van der Waals surface area contributed by atoms with Crippen LogP contribution in [0.25, 0.3) is 11.4 Å². The van der Waals surface area contributed by atoms with Crippen LogP contribution in [0.3, 0.4) is 0 Å². The molecule has 0 atom stereocenters. The fourth-order valence-electron chi connectivity index (χ4n) is 3.01. The number of nitrogens with one attached hydrogen (secondary N) is 2. The van der Waals surface area contributed by atoms with Crippen molar-refractivity contribution in [2.75, 3.05) is 17.7 Å². The number of aromatic nitrogens is 3. The van der Waals surface area contributed by atoms with Crippen molar-refractivity contribution in [2.45, 2.75) is 38.0 Å². The van der Waals surface area contributed by atoms with Crippen molar-refractivity contribution in [3.63, 3.8) is 0 Å². The van der Waals surface area contributed by atoms with Gasteiger partial charge in [0.1, 0.15) is 0 Å². The molecular formula is C17H23N5O2. The van der Waals surface area contributed by atoms with Gasteiger partial charge in [-0.3, -0.25) is 0 Å². The van der Waals surface area contributed by atoms with Crippen LogP contribution < -0.4 is 10.6 Å². The number of hydrogen-bond acceptors (Lipinski definition) is 7. The third-order valence-corrected chi connectivity index (χ3v) is 4.42. The fraction of sp³-hybridized carbons (Fsp3) is 0.471. The average Bonchev–Trinajstić information content (AvgIpc) is 2.62. The predicted molar refractivity (Wildman–Crippen MR) is 92.4 cm³/mol. The van der Waals surface area contributed by atoms with Gasteiger partial charge >= 0.3 is 0 Å². The van der Waals surface area contributed by atoms with E-state index >= 15 is 0 Å². The summed E-state index contributed by atoms with van der Waals surface area (Å²) in [4.78, 5) is 13.3. The van der Waals surface area contributed by atoms with E-state index in [2.05, 4.69) is 25.6 Å². The highest BCUT2D eigenvalue weighted by molar-refractivity contribution is 5.57. The monoisotopic (exact) mass is 329 g/mol. The number of aliphatic hydroxyl groups excluding tert-OH is 1. The second-order valence-corrected chi connectivity index (χ2v) is 6.09. The third kappa shape index (κ3) is 3.98. The van der Waals surface area contributed by atoms with Crippen molar-refractivity contribution in [3.05, 3.63) is 30.3 Å². The van der Waals surface area contributed by atoms with E-state index in [1.54, 1.807) is 7.05 Å². The summed E-state index contributed by atoms with van der Waals surface area (Å²) in [5.41, 5.74) is 0.937. The fourth-order valence-corrected chi connectivity index (χ4v) is 3.01. The number of nitrogens with zero attached hydrogens (tertiary/aromatic N) is 3. The van der Waals surface area contributed by atoms with Gasteiger partial charge in [-0.05, 0) is 25.7 Å². The van der Waals surface area contributed by atoms with Crippen molar-refractivity contribution in [1.82, 2.24) is 15.0 Å². The molecule has 1 aromatic heterocycles. The summed E-state index contributed by atoms with van der Waals surface area (Å²) < 4.78 is 0. The van der Waals surface area contributed by atoms with Gasteiger partial charge in [0.25, 0.3) is 0 Å². The van der Waals surface area contributed by atoms with E-state index < -0.39 is 6.29 Å². The highest BCUT2D eigenvalue weighted by atomic mass is 16.5. The van der Waals surface area contributed by atoms with Gasteiger partial charge in [-0.2, -0.15) is 15.0 Å². The minimum Gasteiger partial charge on any atom is -0.368 e. The summed E-state index contributed by atoms with van der Waals surface area (Å²) in [7, 11) is 1.78. The number of aliphatic hydroxyl groups is 2. The second-order valence-electron chi connectivity index (χ2n) is 6.09. The average molecular weight is 329 g/mol. The van der Waals surface area contributed by atoms with Crippen molar-refractivity contribution < 1.29 is 10.2 Å². The maximum atomic E-state index is 9.28. The SMILES string of the molecule is CNc1nc(NC2CCC(C(O)O)CC2)nc(-c2ccccc2)n1. The van der Waals surface area contributed by atoms with E-state index in [-0.39, 0.29) is 12.0 Å². The van der Waals surface area contributed by atoms with Gasteiger partial charge in [-0.1, -0.05) is 30.3 Å². The third-order valence-electron chi connectivity index (χ3n) is 4.42. The summed E-state index contributed by atoms with van der Waals surface area (Å²) in [5.74, 6) is 1.65. The van der Waals surface area contributed by atoms with Crippen LogP contribution in [-0.2, 0) is 0 Å². The lowest BCUT2D eigenvalue weighted by Gasteiger charge is -2.29. The molecule has 3 rings (SSSR count). The van der Waals surface area contributed by atoms with Gasteiger partial charge < -0.3 is 20.8 Å². The standard InChI is InChI=1S/C17H23N5O2/c1-18-16-20-14(11-5-3-2-4-6-11)21-17(22-16)19-13-9-7-12(8-10-13)15(23)24/h2-6,12-13,15,23-24H,7-10H2,1H3,(H2,18,19,20,21,22). The first-order valence-corrected chi connectivity index (χ1v) is 8.27. The minimum atomic E-state index is -1.22. The molecular weight excluding hydrogens is 306 g/mol. The van der Waals surface area contributed by atoms with E-state index in [0.717, 1.165) is 31.2 Å². The summed E-state index contributed by atoms with van der Waals surface area (Å²) in [6, 6.07) is 10.0. The van der Waals surface area contributed by atoms with Crippen molar-refractivity contribution in [1.29, 1.82) is 0 Å². The van der Waals surface area contributed by atoms with Crippen LogP contribution >= 0.6 is 0 Å². The quantitative estimate of drug-likeness (QED) is 0.621. The molecule has 1 aliphatic carbocycles. The van der Waals surface area contributed by atoms with Gasteiger partial charge in [-0.15, -0.1) is 0 Å². The number of rotatable bonds is 5. The molecule has 1 heterocycles. The van der Waals surface area contributed by atoms with Gasteiger partial charge in [0.05, 0.1) is 0 Å². The van der Waals surface area contributed by atoms with E-state index in [9.17, 15) is 10.2 Å². The van der Waals surface area contributed by atoms with Crippen molar-refractivity contribution >= 4 is 11.9 Å². The Bertz CT molecular complexity index is 657. The smallest absolute Gasteiger partial charge is 0.228 e. The Hall–Kier alpha value is -2.25. The maximum absolute atomic E-state index is 9.28. The molecule has 7 heteroatoms. The normalized spacial score (nSPS) is 20.8. The number of benzene rings is 1. The molecule has 4 N–H and O–H groups in total. The van der Waals surface area contributed by atoms with Gasteiger partial charge in [0.15, 0.2) is 12.1 Å². The van der Waals surface area contributed by atoms with E-state index in [1.165, 1.54) is 0 Å². The minimum absolute atomic E-state index is 0.0332. The van der Waals surface area contributed by atoms with Gasteiger partial charge in [-0.25, -0.2) is 0 Å².